The van der Waals surface area contributed by atoms with Gasteiger partial charge in [-0.3, -0.25) is 4.79 Å². The summed E-state index contributed by atoms with van der Waals surface area (Å²) in [4.78, 5) is 11.7. The molecule has 0 radical (unpaired) electrons. The zero-order chi connectivity index (χ0) is 15.5. The molecule has 1 fully saturated rings. The summed E-state index contributed by atoms with van der Waals surface area (Å²) in [6, 6.07) is 9.70. The highest BCUT2D eigenvalue weighted by Gasteiger charge is 2.13. The van der Waals surface area contributed by atoms with E-state index in [1.807, 2.05) is 30.3 Å². The topological polar surface area (TPSA) is 47.6 Å². The number of benzene rings is 1. The zero-order valence-corrected chi connectivity index (χ0v) is 13.3. The van der Waals surface area contributed by atoms with Crippen molar-refractivity contribution in [2.45, 2.75) is 38.5 Å². The minimum absolute atomic E-state index is 0.128. The van der Waals surface area contributed by atoms with Crippen LogP contribution in [0.4, 0.5) is 0 Å². The monoisotopic (exact) mass is 305 g/mol. The van der Waals surface area contributed by atoms with E-state index >= 15 is 0 Å². The standard InChI is InChI=1S/C18H27NO3/c20-18(9-5-13-22-17-7-2-1-3-8-17)19-12-4-6-16-10-14-21-15-11-16/h1-3,7-8,16H,4-6,9-15H2,(H,19,20). The lowest BCUT2D eigenvalue weighted by Gasteiger charge is -2.21. The number of hydrogen-bond donors (Lipinski definition) is 1. The predicted octanol–water partition coefficient (Wildman–Crippen LogP) is 3.17. The summed E-state index contributed by atoms with van der Waals surface area (Å²) in [6.45, 7) is 3.17. The Hall–Kier alpha value is -1.55. The van der Waals surface area contributed by atoms with Crippen molar-refractivity contribution in [2.75, 3.05) is 26.4 Å². The van der Waals surface area contributed by atoms with E-state index < -0.39 is 0 Å². The van der Waals surface area contributed by atoms with Crippen molar-refractivity contribution >= 4 is 5.91 Å². The van der Waals surface area contributed by atoms with E-state index in [4.69, 9.17) is 9.47 Å². The molecule has 0 unspecified atom stereocenters. The van der Waals surface area contributed by atoms with E-state index in [1.165, 1.54) is 19.3 Å². The molecule has 1 N–H and O–H groups in total. The molecule has 0 atom stereocenters. The van der Waals surface area contributed by atoms with Crippen LogP contribution in [0.5, 0.6) is 5.75 Å². The van der Waals surface area contributed by atoms with Gasteiger partial charge in [-0.2, -0.15) is 0 Å². The number of para-hydroxylation sites is 1. The van der Waals surface area contributed by atoms with Gasteiger partial charge in [0.2, 0.25) is 5.91 Å². The van der Waals surface area contributed by atoms with Crippen molar-refractivity contribution in [2.24, 2.45) is 5.92 Å². The van der Waals surface area contributed by atoms with E-state index in [0.29, 0.717) is 13.0 Å². The van der Waals surface area contributed by atoms with Crippen molar-refractivity contribution < 1.29 is 14.3 Å². The predicted molar refractivity (Wildman–Crippen MR) is 87.0 cm³/mol. The molecule has 2 rings (SSSR count). The van der Waals surface area contributed by atoms with E-state index in [-0.39, 0.29) is 5.91 Å². The molecule has 0 aromatic heterocycles. The van der Waals surface area contributed by atoms with E-state index in [2.05, 4.69) is 5.32 Å². The Morgan fingerprint density at radius 3 is 2.73 bits per heavy atom. The second-order valence-electron chi connectivity index (χ2n) is 5.81. The molecule has 0 aliphatic carbocycles. The van der Waals surface area contributed by atoms with Gasteiger partial charge in [-0.1, -0.05) is 18.2 Å². The largest absolute Gasteiger partial charge is 0.494 e. The summed E-state index contributed by atoms with van der Waals surface area (Å²) >= 11 is 0. The van der Waals surface area contributed by atoms with Crippen LogP contribution < -0.4 is 10.1 Å². The summed E-state index contributed by atoms with van der Waals surface area (Å²) in [7, 11) is 0. The first-order valence-electron chi connectivity index (χ1n) is 8.37. The highest BCUT2D eigenvalue weighted by molar-refractivity contribution is 5.75. The van der Waals surface area contributed by atoms with Gasteiger partial charge < -0.3 is 14.8 Å². The maximum Gasteiger partial charge on any atom is 0.220 e. The van der Waals surface area contributed by atoms with Crippen molar-refractivity contribution in [3.63, 3.8) is 0 Å². The van der Waals surface area contributed by atoms with Crippen LogP contribution in [0.1, 0.15) is 38.5 Å². The second-order valence-corrected chi connectivity index (χ2v) is 5.81. The third-order valence-corrected chi connectivity index (χ3v) is 4.01. The molecular formula is C18H27NO3. The zero-order valence-electron chi connectivity index (χ0n) is 13.3. The first kappa shape index (κ1) is 16.8. The molecule has 0 saturated carbocycles. The van der Waals surface area contributed by atoms with Gasteiger partial charge in [0.15, 0.2) is 0 Å². The maximum atomic E-state index is 11.7. The van der Waals surface area contributed by atoms with Crippen molar-refractivity contribution in [3.05, 3.63) is 30.3 Å². The normalized spacial score (nSPS) is 15.5. The number of hydrogen-bond acceptors (Lipinski definition) is 3. The Labute approximate surface area is 133 Å². The third-order valence-electron chi connectivity index (χ3n) is 4.01. The quantitative estimate of drug-likeness (QED) is 0.713. The van der Waals surface area contributed by atoms with Crippen molar-refractivity contribution in [1.82, 2.24) is 5.32 Å². The molecule has 4 nitrogen and oxygen atoms in total. The number of ether oxygens (including phenoxy) is 2. The van der Waals surface area contributed by atoms with Crippen LogP contribution in [0, 0.1) is 5.92 Å². The number of carbonyl (C=O) groups is 1. The van der Waals surface area contributed by atoms with Gasteiger partial charge in [-0.25, -0.2) is 0 Å². The first-order valence-corrected chi connectivity index (χ1v) is 8.37. The average molecular weight is 305 g/mol. The number of carbonyl (C=O) groups excluding carboxylic acids is 1. The minimum Gasteiger partial charge on any atom is -0.494 e. The molecule has 1 heterocycles. The van der Waals surface area contributed by atoms with Crippen LogP contribution in [-0.2, 0) is 9.53 Å². The molecule has 1 aliphatic heterocycles. The van der Waals surface area contributed by atoms with Gasteiger partial charge in [0, 0.05) is 26.2 Å². The Morgan fingerprint density at radius 1 is 1.18 bits per heavy atom. The van der Waals surface area contributed by atoms with Gasteiger partial charge >= 0.3 is 0 Å². The fourth-order valence-electron chi connectivity index (χ4n) is 2.68. The molecule has 1 saturated heterocycles. The van der Waals surface area contributed by atoms with Crippen LogP contribution in [0.2, 0.25) is 0 Å². The Kier molecular flexibility index (Phi) is 7.81. The molecule has 4 heteroatoms. The molecule has 1 aromatic carbocycles. The van der Waals surface area contributed by atoms with Gasteiger partial charge in [0.25, 0.3) is 0 Å². The lowest BCUT2D eigenvalue weighted by atomic mass is 9.95. The molecule has 1 aliphatic rings. The number of nitrogens with one attached hydrogen (secondary N) is 1. The lowest BCUT2D eigenvalue weighted by molar-refractivity contribution is -0.121. The van der Waals surface area contributed by atoms with Crippen LogP contribution in [0.15, 0.2) is 30.3 Å². The summed E-state index contributed by atoms with van der Waals surface area (Å²) in [5, 5.41) is 3.00. The molecule has 122 valence electrons. The molecular weight excluding hydrogens is 278 g/mol. The number of amides is 1. The smallest absolute Gasteiger partial charge is 0.220 e. The molecule has 22 heavy (non-hydrogen) atoms. The van der Waals surface area contributed by atoms with Crippen LogP contribution in [0.25, 0.3) is 0 Å². The third kappa shape index (κ3) is 6.94. The molecule has 1 amide bonds. The van der Waals surface area contributed by atoms with Gasteiger partial charge in [0.05, 0.1) is 6.61 Å². The van der Waals surface area contributed by atoms with E-state index in [0.717, 1.165) is 44.3 Å². The number of rotatable bonds is 9. The lowest BCUT2D eigenvalue weighted by Crippen LogP contribution is -2.25. The summed E-state index contributed by atoms with van der Waals surface area (Å²) in [5.41, 5.74) is 0. The molecule has 0 bridgehead atoms. The van der Waals surface area contributed by atoms with Crippen molar-refractivity contribution in [3.8, 4) is 5.75 Å². The highest BCUT2D eigenvalue weighted by atomic mass is 16.5. The molecule has 1 aromatic rings. The van der Waals surface area contributed by atoms with Crippen LogP contribution >= 0.6 is 0 Å². The second kappa shape index (κ2) is 10.2. The summed E-state index contributed by atoms with van der Waals surface area (Å²) in [6.07, 6.45) is 5.89. The Balaban J connectivity index is 1.44. The van der Waals surface area contributed by atoms with Crippen molar-refractivity contribution in [1.29, 1.82) is 0 Å². The fourth-order valence-corrected chi connectivity index (χ4v) is 2.68. The van der Waals surface area contributed by atoms with Crippen LogP contribution in [-0.4, -0.2) is 32.3 Å². The van der Waals surface area contributed by atoms with Gasteiger partial charge in [-0.15, -0.1) is 0 Å². The van der Waals surface area contributed by atoms with E-state index in [1.54, 1.807) is 0 Å². The maximum absolute atomic E-state index is 11.7. The van der Waals surface area contributed by atoms with Gasteiger partial charge in [-0.05, 0) is 50.2 Å². The van der Waals surface area contributed by atoms with E-state index in [9.17, 15) is 4.79 Å². The summed E-state index contributed by atoms with van der Waals surface area (Å²) < 4.78 is 10.9. The minimum atomic E-state index is 0.128. The Morgan fingerprint density at radius 2 is 1.95 bits per heavy atom. The summed E-state index contributed by atoms with van der Waals surface area (Å²) in [5.74, 6) is 1.77. The first-order chi connectivity index (χ1) is 10.8. The highest BCUT2D eigenvalue weighted by Crippen LogP contribution is 2.19. The fraction of sp³-hybridized carbons (Fsp3) is 0.611. The Bertz CT molecular complexity index is 416. The molecule has 0 spiro atoms. The average Bonchev–Trinajstić information content (AvgIpc) is 2.57. The van der Waals surface area contributed by atoms with Gasteiger partial charge in [0.1, 0.15) is 5.75 Å². The van der Waals surface area contributed by atoms with Crippen LogP contribution in [0.3, 0.4) is 0 Å². The SMILES string of the molecule is O=C(CCCOc1ccccc1)NCCCC1CCOCC1.